The second kappa shape index (κ2) is 7.95. The molecule has 7 nitrogen and oxygen atoms in total. The van der Waals surface area contributed by atoms with Crippen molar-refractivity contribution in [1.29, 1.82) is 0 Å². The van der Waals surface area contributed by atoms with Gasteiger partial charge in [0.05, 0.1) is 29.6 Å². The average Bonchev–Trinajstić information content (AvgIpc) is 2.68. The van der Waals surface area contributed by atoms with E-state index in [1.54, 1.807) is 37.4 Å². The lowest BCUT2D eigenvalue weighted by Gasteiger charge is -2.26. The first-order valence-electron chi connectivity index (χ1n) is 8.67. The standard InChI is InChI=1S/C19H22N4O3/c1-13-15(12-20-19(21-13)23-10-6-3-7-11-23)17(24)22-16-9-5-4-8-14(16)18(25)26-2/h4-5,8-9,12H,3,6-7,10-11H2,1-2H3,(H,22,24). The minimum atomic E-state index is -0.505. The highest BCUT2D eigenvalue weighted by Gasteiger charge is 2.19. The number of para-hydroxylation sites is 1. The Morgan fingerprint density at radius 2 is 1.85 bits per heavy atom. The van der Waals surface area contributed by atoms with Crippen LogP contribution in [-0.4, -0.2) is 42.0 Å². The van der Waals surface area contributed by atoms with Gasteiger partial charge in [0.1, 0.15) is 0 Å². The SMILES string of the molecule is COC(=O)c1ccccc1NC(=O)c1cnc(N2CCCCC2)nc1C. The second-order valence-electron chi connectivity index (χ2n) is 6.21. The number of aromatic nitrogens is 2. The van der Waals surface area contributed by atoms with Gasteiger partial charge in [-0.25, -0.2) is 14.8 Å². The number of ether oxygens (including phenoxy) is 1. The van der Waals surface area contributed by atoms with Gasteiger partial charge in [-0.2, -0.15) is 0 Å². The van der Waals surface area contributed by atoms with Crippen LogP contribution >= 0.6 is 0 Å². The van der Waals surface area contributed by atoms with Crippen molar-refractivity contribution < 1.29 is 14.3 Å². The number of amides is 1. The molecule has 1 aliphatic heterocycles. The molecule has 1 aromatic heterocycles. The summed E-state index contributed by atoms with van der Waals surface area (Å²) in [5.74, 6) is -0.202. The number of aryl methyl sites for hydroxylation is 1. The molecule has 0 saturated carbocycles. The van der Waals surface area contributed by atoms with Crippen LogP contribution in [0.15, 0.2) is 30.5 Å². The smallest absolute Gasteiger partial charge is 0.339 e. The number of anilines is 2. The van der Waals surface area contributed by atoms with Crippen LogP contribution in [0.1, 0.15) is 45.7 Å². The van der Waals surface area contributed by atoms with Gasteiger partial charge >= 0.3 is 5.97 Å². The van der Waals surface area contributed by atoms with Gasteiger partial charge in [-0.05, 0) is 38.3 Å². The highest BCUT2D eigenvalue weighted by molar-refractivity contribution is 6.08. The number of hydrogen-bond acceptors (Lipinski definition) is 6. The Labute approximate surface area is 152 Å². The Morgan fingerprint density at radius 3 is 2.54 bits per heavy atom. The van der Waals surface area contributed by atoms with Crippen molar-refractivity contribution in [3.8, 4) is 0 Å². The third-order valence-electron chi connectivity index (χ3n) is 4.43. The molecule has 26 heavy (non-hydrogen) atoms. The van der Waals surface area contributed by atoms with E-state index in [0.717, 1.165) is 25.9 Å². The van der Waals surface area contributed by atoms with E-state index in [0.29, 0.717) is 28.5 Å². The third kappa shape index (κ3) is 3.82. The predicted octanol–water partition coefficient (Wildman–Crippen LogP) is 2.81. The van der Waals surface area contributed by atoms with E-state index in [2.05, 4.69) is 20.2 Å². The van der Waals surface area contributed by atoms with Crippen molar-refractivity contribution >= 4 is 23.5 Å². The number of methoxy groups -OCH3 is 1. The van der Waals surface area contributed by atoms with Crippen molar-refractivity contribution in [3.05, 3.63) is 47.3 Å². The van der Waals surface area contributed by atoms with E-state index in [1.807, 2.05) is 0 Å². The van der Waals surface area contributed by atoms with E-state index in [9.17, 15) is 9.59 Å². The summed E-state index contributed by atoms with van der Waals surface area (Å²) in [6.45, 7) is 3.67. The van der Waals surface area contributed by atoms with Crippen LogP contribution in [0.2, 0.25) is 0 Å². The van der Waals surface area contributed by atoms with Crippen LogP contribution in [0, 0.1) is 6.92 Å². The molecule has 0 bridgehead atoms. The molecule has 7 heteroatoms. The molecule has 0 radical (unpaired) electrons. The van der Waals surface area contributed by atoms with Crippen molar-refractivity contribution in [2.75, 3.05) is 30.4 Å². The maximum atomic E-state index is 12.6. The van der Waals surface area contributed by atoms with Gasteiger partial charge in [-0.3, -0.25) is 4.79 Å². The monoisotopic (exact) mass is 354 g/mol. The van der Waals surface area contributed by atoms with Gasteiger partial charge < -0.3 is 15.0 Å². The molecular formula is C19H22N4O3. The zero-order valence-corrected chi connectivity index (χ0v) is 15.0. The Bertz CT molecular complexity index is 816. The van der Waals surface area contributed by atoms with Crippen molar-refractivity contribution in [2.24, 2.45) is 0 Å². The Morgan fingerprint density at radius 1 is 1.12 bits per heavy atom. The first-order valence-corrected chi connectivity index (χ1v) is 8.67. The lowest BCUT2D eigenvalue weighted by Crippen LogP contribution is -2.31. The minimum Gasteiger partial charge on any atom is -0.465 e. The largest absolute Gasteiger partial charge is 0.465 e. The van der Waals surface area contributed by atoms with Crippen LogP contribution in [0.3, 0.4) is 0 Å². The molecule has 1 fully saturated rings. The number of rotatable bonds is 4. The minimum absolute atomic E-state index is 0.298. The fourth-order valence-corrected chi connectivity index (χ4v) is 2.99. The van der Waals surface area contributed by atoms with Gasteiger partial charge in [0, 0.05) is 19.3 Å². The topological polar surface area (TPSA) is 84.4 Å². The van der Waals surface area contributed by atoms with E-state index >= 15 is 0 Å². The molecule has 1 amide bonds. The zero-order valence-electron chi connectivity index (χ0n) is 15.0. The molecule has 0 spiro atoms. The summed E-state index contributed by atoms with van der Waals surface area (Å²) in [5, 5.41) is 2.75. The van der Waals surface area contributed by atoms with E-state index in [4.69, 9.17) is 4.74 Å². The van der Waals surface area contributed by atoms with Crippen LogP contribution in [0.5, 0.6) is 0 Å². The summed E-state index contributed by atoms with van der Waals surface area (Å²) in [7, 11) is 1.30. The molecule has 0 aliphatic carbocycles. The van der Waals surface area contributed by atoms with Gasteiger partial charge in [0.25, 0.3) is 5.91 Å². The van der Waals surface area contributed by atoms with Crippen LogP contribution < -0.4 is 10.2 Å². The fraction of sp³-hybridized carbons (Fsp3) is 0.368. The number of esters is 1. The molecule has 3 rings (SSSR count). The number of nitrogens with one attached hydrogen (secondary N) is 1. The summed E-state index contributed by atoms with van der Waals surface area (Å²) >= 11 is 0. The summed E-state index contributed by atoms with van der Waals surface area (Å²) in [6.07, 6.45) is 5.04. The van der Waals surface area contributed by atoms with Crippen molar-refractivity contribution in [1.82, 2.24) is 9.97 Å². The molecule has 1 aromatic carbocycles. The summed E-state index contributed by atoms with van der Waals surface area (Å²) < 4.78 is 4.75. The number of benzene rings is 1. The molecule has 2 heterocycles. The lowest BCUT2D eigenvalue weighted by molar-refractivity contribution is 0.0602. The quantitative estimate of drug-likeness (QED) is 0.850. The lowest BCUT2D eigenvalue weighted by atomic mass is 10.1. The molecule has 1 aliphatic rings. The van der Waals surface area contributed by atoms with Crippen molar-refractivity contribution in [2.45, 2.75) is 26.2 Å². The fourth-order valence-electron chi connectivity index (χ4n) is 2.99. The zero-order chi connectivity index (χ0) is 18.5. The molecule has 1 saturated heterocycles. The first kappa shape index (κ1) is 17.8. The van der Waals surface area contributed by atoms with E-state index in [-0.39, 0.29) is 5.91 Å². The van der Waals surface area contributed by atoms with Crippen LogP contribution in [0.4, 0.5) is 11.6 Å². The number of nitrogens with zero attached hydrogens (tertiary/aromatic N) is 3. The molecular weight excluding hydrogens is 332 g/mol. The third-order valence-corrected chi connectivity index (χ3v) is 4.43. The maximum Gasteiger partial charge on any atom is 0.339 e. The Hall–Kier alpha value is -2.96. The first-order chi connectivity index (χ1) is 12.6. The van der Waals surface area contributed by atoms with Crippen molar-refractivity contribution in [3.63, 3.8) is 0 Å². The summed E-state index contributed by atoms with van der Waals surface area (Å²) in [5.41, 5.74) is 1.68. The van der Waals surface area contributed by atoms with Gasteiger partial charge in [-0.15, -0.1) is 0 Å². The molecule has 0 atom stereocenters. The molecule has 2 aromatic rings. The number of hydrogen-bond donors (Lipinski definition) is 1. The molecule has 1 N–H and O–H groups in total. The van der Waals surface area contributed by atoms with E-state index < -0.39 is 5.97 Å². The second-order valence-corrected chi connectivity index (χ2v) is 6.21. The van der Waals surface area contributed by atoms with Crippen LogP contribution in [0.25, 0.3) is 0 Å². The van der Waals surface area contributed by atoms with Gasteiger partial charge in [-0.1, -0.05) is 12.1 Å². The van der Waals surface area contributed by atoms with Crippen LogP contribution in [-0.2, 0) is 4.74 Å². The highest BCUT2D eigenvalue weighted by Crippen LogP contribution is 2.20. The molecule has 0 unspecified atom stereocenters. The average molecular weight is 354 g/mol. The normalized spacial score (nSPS) is 14.0. The number of carbonyl (C=O) groups excluding carboxylic acids is 2. The molecule has 136 valence electrons. The summed E-state index contributed by atoms with van der Waals surface area (Å²) in [4.78, 5) is 35.5. The van der Waals surface area contributed by atoms with Gasteiger partial charge in [0.15, 0.2) is 0 Å². The maximum absolute atomic E-state index is 12.6. The number of carbonyl (C=O) groups is 2. The number of piperidine rings is 1. The highest BCUT2D eigenvalue weighted by atomic mass is 16.5. The Balaban J connectivity index is 1.79. The van der Waals surface area contributed by atoms with Gasteiger partial charge in [0.2, 0.25) is 5.95 Å². The predicted molar refractivity (Wildman–Crippen MR) is 98.6 cm³/mol. The Kier molecular flexibility index (Phi) is 5.46. The van der Waals surface area contributed by atoms with E-state index in [1.165, 1.54) is 13.5 Å². The summed E-state index contributed by atoms with van der Waals surface area (Å²) in [6, 6.07) is 6.71.